The number of hydrogen-bond acceptors (Lipinski definition) is 8. The molecule has 120 valence electrons. The fraction of sp³-hybridized carbons (Fsp3) is 0.545. The number of carbonyl (C=O) groups is 1. The zero-order chi connectivity index (χ0) is 16.0. The number of amides is 1. The number of nitrogens with two attached hydrogens (primary N) is 1. The Morgan fingerprint density at radius 2 is 2.14 bits per heavy atom. The molecule has 11 heteroatoms. The monoisotopic (exact) mass is 313 g/mol. The van der Waals surface area contributed by atoms with Crippen molar-refractivity contribution in [2.75, 3.05) is 6.61 Å². The first-order valence-electron chi connectivity index (χ1n) is 6.46. The van der Waals surface area contributed by atoms with Crippen molar-refractivity contribution in [3.63, 3.8) is 0 Å². The summed E-state index contributed by atoms with van der Waals surface area (Å²) in [6, 6.07) is 0. The van der Waals surface area contributed by atoms with Crippen molar-refractivity contribution in [2.24, 2.45) is 10.7 Å². The minimum Gasteiger partial charge on any atom is -0.465 e. The van der Waals surface area contributed by atoms with Gasteiger partial charge < -0.3 is 30.9 Å². The summed E-state index contributed by atoms with van der Waals surface area (Å²) in [5.41, 5.74) is 6.00. The summed E-state index contributed by atoms with van der Waals surface area (Å²) in [6.07, 6.45) is -4.49. The predicted octanol–water partition coefficient (Wildman–Crippen LogP) is -1.89. The van der Waals surface area contributed by atoms with Crippen LogP contribution in [0.5, 0.6) is 0 Å². The second-order valence-corrected chi connectivity index (χ2v) is 4.97. The number of hydrogen-bond donors (Lipinski definition) is 5. The van der Waals surface area contributed by atoms with Crippen molar-refractivity contribution in [1.29, 1.82) is 0 Å². The van der Waals surface area contributed by atoms with Crippen LogP contribution in [0.25, 0.3) is 0 Å². The molecule has 11 nitrogen and oxygen atoms in total. The number of ether oxygens (including phenoxy) is 1. The van der Waals surface area contributed by atoms with Gasteiger partial charge in [-0.25, -0.2) is 19.7 Å². The first-order chi connectivity index (χ1) is 10.5. The molecule has 1 fully saturated rings. The van der Waals surface area contributed by atoms with E-state index < -0.39 is 43.4 Å². The molecule has 3 heterocycles. The molecular weight excluding hydrogens is 298 g/mol. The Kier molecular flexibility index (Phi) is 3.58. The Morgan fingerprint density at radius 1 is 1.41 bits per heavy atom. The highest BCUT2D eigenvalue weighted by atomic mass is 16.6. The number of nitrogens with zero attached hydrogens (tertiary/aromatic N) is 4. The van der Waals surface area contributed by atoms with Gasteiger partial charge in [-0.2, -0.15) is 0 Å². The third-order valence-electron chi connectivity index (χ3n) is 3.69. The highest BCUT2D eigenvalue weighted by molar-refractivity contribution is 5.84. The fourth-order valence-corrected chi connectivity index (χ4v) is 2.50. The average Bonchev–Trinajstić information content (AvgIpc) is 3.02. The van der Waals surface area contributed by atoms with Crippen LogP contribution in [0.2, 0.25) is 0 Å². The number of aliphatic hydroxyl groups is 3. The second-order valence-electron chi connectivity index (χ2n) is 4.97. The summed E-state index contributed by atoms with van der Waals surface area (Å²) < 4.78 is 6.73. The number of carboxylic acid groups (broad SMARTS) is 1. The standard InChI is InChI=1S/C11H15N5O6/c12-8-5-9(14-3-15(8)11(20)21)16(2-13-5)10-7(19)6(18)4(1-17)22-10/h2-4,6-8,10,17-19H,1,12H2,(H,20,21)/t4-,6?,7?,8?,10-/m1/s1. The minimum absolute atomic E-state index is 0.197. The molecule has 3 unspecified atom stereocenters. The van der Waals surface area contributed by atoms with E-state index in [1.165, 1.54) is 10.9 Å². The van der Waals surface area contributed by atoms with Gasteiger partial charge in [0.25, 0.3) is 0 Å². The van der Waals surface area contributed by atoms with Crippen molar-refractivity contribution in [3.05, 3.63) is 12.0 Å². The molecule has 0 spiro atoms. The quantitative estimate of drug-likeness (QED) is 0.422. The van der Waals surface area contributed by atoms with Gasteiger partial charge in [-0.15, -0.1) is 0 Å². The van der Waals surface area contributed by atoms with Gasteiger partial charge in [0.1, 0.15) is 36.5 Å². The SMILES string of the molecule is NC1c2ncn([C@@H]3O[C@H](CO)C(O)C3O)c2N=CN1C(=O)O. The molecule has 3 rings (SSSR count). The lowest BCUT2D eigenvalue weighted by Gasteiger charge is -2.25. The van der Waals surface area contributed by atoms with Crippen LogP contribution < -0.4 is 5.73 Å². The van der Waals surface area contributed by atoms with Gasteiger partial charge in [-0.1, -0.05) is 0 Å². The van der Waals surface area contributed by atoms with Crippen LogP contribution in [0.15, 0.2) is 11.3 Å². The van der Waals surface area contributed by atoms with E-state index in [4.69, 9.17) is 20.7 Å². The van der Waals surface area contributed by atoms with Crippen LogP contribution in [0.3, 0.4) is 0 Å². The van der Waals surface area contributed by atoms with E-state index in [-0.39, 0.29) is 11.5 Å². The van der Waals surface area contributed by atoms with Gasteiger partial charge in [0.05, 0.1) is 12.9 Å². The molecular formula is C11H15N5O6. The summed E-state index contributed by atoms with van der Waals surface area (Å²) in [5, 5.41) is 37.9. The van der Waals surface area contributed by atoms with E-state index in [0.717, 1.165) is 11.2 Å². The normalized spacial score (nSPS) is 34.0. The second kappa shape index (κ2) is 5.30. The van der Waals surface area contributed by atoms with Crippen molar-refractivity contribution in [3.8, 4) is 0 Å². The molecule has 1 aromatic heterocycles. The van der Waals surface area contributed by atoms with Crippen molar-refractivity contribution < 1.29 is 30.0 Å². The summed E-state index contributed by atoms with van der Waals surface area (Å²) in [6.45, 7) is -0.457. The molecule has 0 radical (unpaired) electrons. The fourth-order valence-electron chi connectivity index (χ4n) is 2.50. The molecule has 0 aromatic carbocycles. The van der Waals surface area contributed by atoms with E-state index in [1.54, 1.807) is 0 Å². The number of aliphatic hydroxyl groups excluding tert-OH is 3. The average molecular weight is 313 g/mol. The molecule has 0 aliphatic carbocycles. The zero-order valence-corrected chi connectivity index (χ0v) is 11.2. The number of rotatable bonds is 2. The summed E-state index contributed by atoms with van der Waals surface area (Å²) in [5.74, 6) is 0.222. The van der Waals surface area contributed by atoms with Gasteiger partial charge in [-0.05, 0) is 0 Å². The Labute approximate surface area is 123 Å². The lowest BCUT2D eigenvalue weighted by molar-refractivity contribution is -0.0520. The first kappa shape index (κ1) is 14.9. The van der Waals surface area contributed by atoms with Gasteiger partial charge in [-0.3, -0.25) is 4.57 Å². The molecule has 0 bridgehead atoms. The third-order valence-corrected chi connectivity index (χ3v) is 3.69. The Morgan fingerprint density at radius 3 is 2.73 bits per heavy atom. The highest BCUT2D eigenvalue weighted by Crippen LogP contribution is 2.36. The van der Waals surface area contributed by atoms with Crippen LogP contribution in [-0.4, -0.2) is 72.2 Å². The van der Waals surface area contributed by atoms with Crippen LogP contribution in [0.4, 0.5) is 10.6 Å². The number of aliphatic imine (C=N–C) groups is 1. The molecule has 0 saturated carbocycles. The Balaban J connectivity index is 1.94. The summed E-state index contributed by atoms with van der Waals surface area (Å²) >= 11 is 0. The number of aromatic nitrogens is 2. The molecule has 6 N–H and O–H groups in total. The van der Waals surface area contributed by atoms with Crippen molar-refractivity contribution in [2.45, 2.75) is 30.7 Å². The molecule has 1 amide bonds. The van der Waals surface area contributed by atoms with E-state index in [9.17, 15) is 15.0 Å². The van der Waals surface area contributed by atoms with E-state index in [1.807, 2.05) is 0 Å². The molecule has 2 aliphatic heterocycles. The lowest BCUT2D eigenvalue weighted by Crippen LogP contribution is -2.39. The number of imidazole rings is 1. The van der Waals surface area contributed by atoms with Crippen molar-refractivity contribution >= 4 is 18.2 Å². The maximum atomic E-state index is 11.0. The van der Waals surface area contributed by atoms with Gasteiger partial charge in [0.15, 0.2) is 12.0 Å². The Bertz CT molecular complexity index is 618. The summed E-state index contributed by atoms with van der Waals surface area (Å²) in [7, 11) is 0. The minimum atomic E-state index is -1.29. The maximum absolute atomic E-state index is 11.0. The van der Waals surface area contributed by atoms with Crippen LogP contribution >= 0.6 is 0 Å². The van der Waals surface area contributed by atoms with Gasteiger partial charge >= 0.3 is 6.09 Å². The molecule has 2 aliphatic rings. The highest BCUT2D eigenvalue weighted by Gasteiger charge is 2.45. The lowest BCUT2D eigenvalue weighted by atomic mass is 10.1. The van der Waals surface area contributed by atoms with Crippen LogP contribution in [0, 0.1) is 0 Å². The smallest absolute Gasteiger partial charge is 0.414 e. The van der Waals surface area contributed by atoms with Gasteiger partial charge in [0, 0.05) is 0 Å². The first-order valence-corrected chi connectivity index (χ1v) is 6.46. The third kappa shape index (κ3) is 2.07. The van der Waals surface area contributed by atoms with Crippen molar-refractivity contribution in [1.82, 2.24) is 14.5 Å². The molecule has 5 atom stereocenters. The molecule has 1 saturated heterocycles. The molecule has 22 heavy (non-hydrogen) atoms. The summed E-state index contributed by atoms with van der Waals surface area (Å²) in [4.78, 5) is 19.8. The number of fused-ring (bicyclic) bond motifs is 1. The van der Waals surface area contributed by atoms with E-state index in [0.29, 0.717) is 0 Å². The van der Waals surface area contributed by atoms with Crippen LogP contribution in [-0.2, 0) is 4.74 Å². The topological polar surface area (TPSA) is 167 Å². The molecule has 1 aromatic rings. The van der Waals surface area contributed by atoms with Gasteiger partial charge in [0.2, 0.25) is 0 Å². The van der Waals surface area contributed by atoms with E-state index in [2.05, 4.69) is 9.98 Å². The zero-order valence-electron chi connectivity index (χ0n) is 11.2. The predicted molar refractivity (Wildman–Crippen MR) is 70.2 cm³/mol. The maximum Gasteiger partial charge on any atom is 0.414 e. The van der Waals surface area contributed by atoms with E-state index >= 15 is 0 Å². The Hall–Kier alpha value is -2.05. The van der Waals surface area contributed by atoms with Crippen LogP contribution in [0.1, 0.15) is 18.1 Å². The largest absolute Gasteiger partial charge is 0.465 e.